The molecule has 3 rings (SSSR count). The van der Waals surface area contributed by atoms with Crippen LogP contribution in [0.4, 0.5) is 43.9 Å². The van der Waals surface area contributed by atoms with E-state index in [4.69, 9.17) is 0 Å². The number of alkyl halides is 9. The van der Waals surface area contributed by atoms with Gasteiger partial charge in [0.15, 0.2) is 0 Å². The van der Waals surface area contributed by atoms with Crippen LogP contribution in [-0.2, 0) is 11.0 Å². The maximum absolute atomic E-state index is 13.8. The molecule has 2 aromatic rings. The molecule has 1 fully saturated rings. The summed E-state index contributed by atoms with van der Waals surface area (Å²) in [5.41, 5.74) is -5.26. The number of hydrogen-bond donors (Lipinski definition) is 2. The minimum Gasteiger partial charge on any atom is -0.345 e. The highest BCUT2D eigenvalue weighted by atomic mass is 79.9. The van der Waals surface area contributed by atoms with E-state index in [1.165, 1.54) is 0 Å². The summed E-state index contributed by atoms with van der Waals surface area (Å²) in [6.07, 6.45) is -13.8. The van der Waals surface area contributed by atoms with Crippen LogP contribution in [0.5, 0.6) is 0 Å². The van der Waals surface area contributed by atoms with Gasteiger partial charge in [-0.1, -0.05) is 34.1 Å². The summed E-state index contributed by atoms with van der Waals surface area (Å²) in [5, 5.41) is 3.60. The van der Waals surface area contributed by atoms with Gasteiger partial charge in [-0.05, 0) is 54.3 Å². The first-order valence-corrected chi connectivity index (χ1v) is 11.7. The van der Waals surface area contributed by atoms with Gasteiger partial charge in [-0.15, -0.1) is 0 Å². The molecule has 0 spiro atoms. The molecule has 4 nitrogen and oxygen atoms in total. The molecule has 2 amide bonds. The van der Waals surface area contributed by atoms with Crippen LogP contribution in [0.2, 0.25) is 0 Å². The van der Waals surface area contributed by atoms with Crippen molar-refractivity contribution in [3.63, 3.8) is 0 Å². The highest BCUT2D eigenvalue weighted by Gasteiger charge is 2.52. The van der Waals surface area contributed by atoms with Gasteiger partial charge in [0.05, 0.1) is 17.0 Å². The van der Waals surface area contributed by atoms with Gasteiger partial charge in [-0.3, -0.25) is 9.59 Å². The number of carbonyl (C=O) groups excluding carboxylic acids is 2. The first-order chi connectivity index (χ1) is 17.8. The molecule has 39 heavy (non-hydrogen) atoms. The fourth-order valence-corrected chi connectivity index (χ4v) is 4.12. The second-order valence-corrected chi connectivity index (χ2v) is 9.63. The zero-order valence-electron chi connectivity index (χ0n) is 19.3. The van der Waals surface area contributed by atoms with Crippen LogP contribution in [-0.4, -0.2) is 36.3 Å². The predicted molar refractivity (Wildman–Crippen MR) is 122 cm³/mol. The molecule has 0 radical (unpaired) electrons. The Labute approximate surface area is 222 Å². The summed E-state index contributed by atoms with van der Waals surface area (Å²) in [6.45, 7) is -1.70. The molecule has 212 valence electrons. The first-order valence-electron chi connectivity index (χ1n) is 10.9. The number of allylic oxidation sites excluding steroid dienone is 1. The van der Waals surface area contributed by atoms with Crippen molar-refractivity contribution in [1.29, 1.82) is 0 Å². The van der Waals surface area contributed by atoms with Crippen LogP contribution in [0.1, 0.15) is 45.8 Å². The summed E-state index contributed by atoms with van der Waals surface area (Å²) in [7, 11) is 0. The van der Waals surface area contributed by atoms with Gasteiger partial charge >= 0.3 is 18.5 Å². The Morgan fingerprint density at radius 3 is 2.13 bits per heavy atom. The molecule has 1 atom stereocenters. The normalized spacial score (nSPS) is 16.2. The second-order valence-electron chi connectivity index (χ2n) is 8.72. The molecule has 0 aliphatic heterocycles. The first kappa shape index (κ1) is 30.4. The third-order valence-electron chi connectivity index (χ3n) is 5.66. The van der Waals surface area contributed by atoms with Crippen molar-refractivity contribution in [3.8, 4) is 0 Å². The molecular weight excluding hydrogens is 618 g/mol. The molecule has 0 aromatic heterocycles. The summed E-state index contributed by atoms with van der Waals surface area (Å²) in [4.78, 5) is 24.7. The van der Waals surface area contributed by atoms with Gasteiger partial charge in [0.2, 0.25) is 5.91 Å². The largest absolute Gasteiger partial charge is 0.417 e. The smallest absolute Gasteiger partial charge is 0.345 e. The average Bonchev–Trinajstić information content (AvgIpc) is 3.55. The SMILES string of the molecule is O=C(NC1(C(=O)NCC(F)(F)F)CC1)c1ccc(C=CC(c2cc(F)cc(Br)c2)C(F)(F)F)cc1C(F)(F)F. The fourth-order valence-electron chi connectivity index (χ4n) is 3.64. The number of carbonyl (C=O) groups is 2. The maximum atomic E-state index is 13.8. The number of amides is 2. The third-order valence-corrected chi connectivity index (χ3v) is 6.12. The number of halogens is 11. The highest BCUT2D eigenvalue weighted by Crippen LogP contribution is 2.40. The van der Waals surface area contributed by atoms with Crippen molar-refractivity contribution in [2.75, 3.05) is 6.54 Å². The molecule has 1 unspecified atom stereocenters. The Morgan fingerprint density at radius 1 is 0.974 bits per heavy atom. The van der Waals surface area contributed by atoms with Crippen molar-refractivity contribution in [2.24, 2.45) is 0 Å². The maximum Gasteiger partial charge on any atom is 0.417 e. The Balaban J connectivity index is 1.89. The molecule has 1 saturated carbocycles. The van der Waals surface area contributed by atoms with E-state index in [1.807, 2.05) is 5.32 Å². The molecule has 2 N–H and O–H groups in total. The van der Waals surface area contributed by atoms with Crippen molar-refractivity contribution >= 4 is 33.8 Å². The van der Waals surface area contributed by atoms with Crippen molar-refractivity contribution in [2.45, 2.75) is 42.8 Å². The van der Waals surface area contributed by atoms with Crippen LogP contribution < -0.4 is 10.6 Å². The standard InChI is InChI=1S/C24H17BrF10N2O2/c25-14-8-13(9-15(26)10-14)17(23(30,31)32)4-2-12-1-3-16(18(7-12)24(33,34)35)19(38)37-21(5-6-21)20(39)36-11-22(27,28)29/h1-4,7-10,17H,5-6,11H2,(H,36,39)(H,37,38). The van der Waals surface area contributed by atoms with E-state index in [1.54, 1.807) is 5.32 Å². The minimum absolute atomic E-state index is 0.00963. The topological polar surface area (TPSA) is 58.2 Å². The van der Waals surface area contributed by atoms with Gasteiger partial charge < -0.3 is 10.6 Å². The lowest BCUT2D eigenvalue weighted by Crippen LogP contribution is -2.51. The van der Waals surface area contributed by atoms with E-state index < -0.39 is 70.9 Å². The Bertz CT molecular complexity index is 1260. The molecule has 0 bridgehead atoms. The average molecular weight is 635 g/mol. The van der Waals surface area contributed by atoms with Gasteiger partial charge in [0.25, 0.3) is 5.91 Å². The van der Waals surface area contributed by atoms with Crippen LogP contribution in [0.25, 0.3) is 6.08 Å². The molecule has 1 aliphatic rings. The van der Waals surface area contributed by atoms with Gasteiger partial charge in [-0.2, -0.15) is 39.5 Å². The molecule has 1 aliphatic carbocycles. The van der Waals surface area contributed by atoms with Crippen LogP contribution >= 0.6 is 15.9 Å². The number of benzene rings is 2. The molecule has 0 heterocycles. The van der Waals surface area contributed by atoms with E-state index in [2.05, 4.69) is 15.9 Å². The number of hydrogen-bond acceptors (Lipinski definition) is 2. The third kappa shape index (κ3) is 7.96. The van der Waals surface area contributed by atoms with Crippen molar-refractivity contribution in [1.82, 2.24) is 10.6 Å². The molecule has 0 saturated heterocycles. The summed E-state index contributed by atoms with van der Waals surface area (Å²) in [6, 6.07) is 4.54. The second kappa shape index (κ2) is 10.8. The zero-order valence-corrected chi connectivity index (χ0v) is 20.9. The Hall–Kier alpha value is -3.10. The van der Waals surface area contributed by atoms with E-state index >= 15 is 0 Å². The highest BCUT2D eigenvalue weighted by molar-refractivity contribution is 9.10. The van der Waals surface area contributed by atoms with E-state index in [-0.39, 0.29) is 22.9 Å². The van der Waals surface area contributed by atoms with Gasteiger partial charge in [0, 0.05) is 4.47 Å². The van der Waals surface area contributed by atoms with Crippen molar-refractivity contribution < 1.29 is 53.5 Å². The van der Waals surface area contributed by atoms with Gasteiger partial charge in [-0.25, -0.2) is 4.39 Å². The lowest BCUT2D eigenvalue weighted by Gasteiger charge is -2.20. The molecular formula is C24H17BrF10N2O2. The van der Waals surface area contributed by atoms with Crippen LogP contribution in [0.3, 0.4) is 0 Å². The number of nitrogens with one attached hydrogen (secondary N) is 2. The van der Waals surface area contributed by atoms with Crippen LogP contribution in [0, 0.1) is 5.82 Å². The predicted octanol–water partition coefficient (Wildman–Crippen LogP) is 6.91. The monoisotopic (exact) mass is 634 g/mol. The van der Waals surface area contributed by atoms with Gasteiger partial charge in [0.1, 0.15) is 17.9 Å². The Kier molecular flexibility index (Phi) is 8.44. The zero-order chi connectivity index (χ0) is 29.4. The summed E-state index contributed by atoms with van der Waals surface area (Å²) >= 11 is 2.88. The van der Waals surface area contributed by atoms with E-state index in [9.17, 15) is 53.5 Å². The summed E-state index contributed by atoms with van der Waals surface area (Å²) in [5.74, 6) is -5.98. The number of rotatable bonds is 7. The lowest BCUT2D eigenvalue weighted by atomic mass is 9.96. The fraction of sp³-hybridized carbons (Fsp3) is 0.333. The van der Waals surface area contributed by atoms with E-state index in [0.717, 1.165) is 24.3 Å². The Morgan fingerprint density at radius 2 is 1.62 bits per heavy atom. The molecule has 15 heteroatoms. The summed E-state index contributed by atoms with van der Waals surface area (Å²) < 4.78 is 133. The van der Waals surface area contributed by atoms with Crippen molar-refractivity contribution in [3.05, 3.63) is 75.0 Å². The minimum atomic E-state index is -5.16. The molecule has 2 aromatic carbocycles. The van der Waals surface area contributed by atoms with E-state index in [0.29, 0.717) is 24.3 Å². The quantitative estimate of drug-likeness (QED) is 0.325. The lowest BCUT2D eigenvalue weighted by molar-refractivity contribution is -0.140. The van der Waals surface area contributed by atoms with Crippen LogP contribution in [0.15, 0.2) is 46.9 Å².